The van der Waals surface area contributed by atoms with Crippen LogP contribution in [0.3, 0.4) is 0 Å². The number of nitrogens with zero attached hydrogens (tertiary/aromatic N) is 3. The third-order valence-electron chi connectivity index (χ3n) is 5.19. The van der Waals surface area contributed by atoms with Gasteiger partial charge in [0.1, 0.15) is 29.0 Å². The Morgan fingerprint density at radius 2 is 1.84 bits per heavy atom. The summed E-state index contributed by atoms with van der Waals surface area (Å²) in [6, 6.07) is 8.69. The van der Waals surface area contributed by atoms with E-state index in [1.165, 1.54) is 18.5 Å². The van der Waals surface area contributed by atoms with E-state index in [-0.39, 0.29) is 5.82 Å². The number of carbonyl (C=O) groups is 1. The second-order valence-corrected chi connectivity index (χ2v) is 7.94. The highest BCUT2D eigenvalue weighted by molar-refractivity contribution is 6.06. The molecular weight excluding hydrogens is 418 g/mol. The van der Waals surface area contributed by atoms with Gasteiger partial charge in [0.25, 0.3) is 5.91 Å². The third kappa shape index (κ3) is 3.94. The molecule has 1 aliphatic rings. The van der Waals surface area contributed by atoms with Crippen LogP contribution in [0.5, 0.6) is 0 Å². The van der Waals surface area contributed by atoms with E-state index < -0.39 is 34.8 Å². The Morgan fingerprint density at radius 1 is 1.12 bits per heavy atom. The topological polar surface area (TPSA) is 96.7 Å². The predicted molar refractivity (Wildman–Crippen MR) is 114 cm³/mol. The SMILES string of the molecule is Cc1ccc(C2=NOC(C)(C)[C@@H]2O)cc1-c1cnc(NC(=O)c2c(F)cccc2F)cn1. The minimum Gasteiger partial charge on any atom is -0.386 e. The first kappa shape index (κ1) is 21.5. The zero-order valence-electron chi connectivity index (χ0n) is 17.6. The molecule has 0 bridgehead atoms. The normalized spacial score (nSPS) is 16.9. The Kier molecular flexibility index (Phi) is 5.43. The standard InChI is InChI=1S/C23H20F2N4O3/c1-12-7-8-13(20-21(30)23(2,3)32-29-20)9-14(12)17-10-27-18(11-26-17)28-22(31)19-15(24)5-4-6-16(19)25/h4-11,21,30H,1-3H3,(H,27,28,31)/t21-/m1/s1. The summed E-state index contributed by atoms with van der Waals surface area (Å²) in [4.78, 5) is 26.0. The molecule has 2 heterocycles. The lowest BCUT2D eigenvalue weighted by Gasteiger charge is -2.20. The van der Waals surface area contributed by atoms with E-state index in [0.29, 0.717) is 17.0 Å². The molecule has 1 amide bonds. The molecule has 3 aromatic rings. The van der Waals surface area contributed by atoms with Crippen LogP contribution in [0.15, 0.2) is 53.9 Å². The first-order valence-corrected chi connectivity index (χ1v) is 9.80. The fraction of sp³-hybridized carbons (Fsp3) is 0.217. The summed E-state index contributed by atoms with van der Waals surface area (Å²) >= 11 is 0. The number of aromatic nitrogens is 2. The average Bonchev–Trinajstić information content (AvgIpc) is 3.02. The van der Waals surface area contributed by atoms with Gasteiger partial charge >= 0.3 is 0 Å². The first-order valence-electron chi connectivity index (χ1n) is 9.80. The van der Waals surface area contributed by atoms with Crippen molar-refractivity contribution in [3.63, 3.8) is 0 Å². The van der Waals surface area contributed by atoms with Gasteiger partial charge in [0.05, 0.1) is 18.1 Å². The number of aryl methyl sites for hydroxylation is 1. The monoisotopic (exact) mass is 438 g/mol. The molecule has 2 N–H and O–H groups in total. The number of aliphatic hydroxyl groups excluding tert-OH is 1. The fourth-order valence-electron chi connectivity index (χ4n) is 3.29. The number of halogens is 2. The maximum atomic E-state index is 13.8. The van der Waals surface area contributed by atoms with Gasteiger partial charge in [0.15, 0.2) is 11.4 Å². The van der Waals surface area contributed by atoms with Crippen LogP contribution < -0.4 is 5.32 Å². The summed E-state index contributed by atoms with van der Waals surface area (Å²) in [7, 11) is 0. The highest BCUT2D eigenvalue weighted by Crippen LogP contribution is 2.29. The highest BCUT2D eigenvalue weighted by Gasteiger charge is 2.40. The van der Waals surface area contributed by atoms with Gasteiger partial charge in [-0.2, -0.15) is 0 Å². The Bertz CT molecular complexity index is 1210. The largest absolute Gasteiger partial charge is 0.386 e. The summed E-state index contributed by atoms with van der Waals surface area (Å²) < 4.78 is 27.6. The van der Waals surface area contributed by atoms with Gasteiger partial charge in [-0.3, -0.25) is 9.78 Å². The Hall–Kier alpha value is -3.72. The number of hydrogen-bond donors (Lipinski definition) is 2. The van der Waals surface area contributed by atoms with Gasteiger partial charge < -0.3 is 15.3 Å². The summed E-state index contributed by atoms with van der Waals surface area (Å²) in [6.07, 6.45) is 1.85. The zero-order chi connectivity index (χ0) is 23.0. The number of hydrogen-bond acceptors (Lipinski definition) is 6. The molecule has 9 heteroatoms. The minimum absolute atomic E-state index is 0.0425. The molecule has 0 spiro atoms. The fourth-order valence-corrected chi connectivity index (χ4v) is 3.29. The average molecular weight is 438 g/mol. The van der Waals surface area contributed by atoms with Crippen LogP contribution in [0.1, 0.15) is 35.3 Å². The minimum atomic E-state index is -0.969. The number of rotatable bonds is 4. The predicted octanol–water partition coefficient (Wildman–Crippen LogP) is 3.86. The van der Waals surface area contributed by atoms with Gasteiger partial charge in [-0.1, -0.05) is 23.4 Å². The second-order valence-electron chi connectivity index (χ2n) is 7.94. The summed E-state index contributed by atoms with van der Waals surface area (Å²) in [6.45, 7) is 5.38. The van der Waals surface area contributed by atoms with Crippen molar-refractivity contribution in [2.45, 2.75) is 32.5 Å². The number of anilines is 1. The molecule has 0 aliphatic carbocycles. The molecule has 164 valence electrons. The molecule has 0 unspecified atom stereocenters. The van der Waals surface area contributed by atoms with E-state index in [9.17, 15) is 18.7 Å². The van der Waals surface area contributed by atoms with E-state index >= 15 is 0 Å². The van der Waals surface area contributed by atoms with Crippen molar-refractivity contribution >= 4 is 17.4 Å². The molecule has 0 saturated heterocycles. The quantitative estimate of drug-likeness (QED) is 0.645. The lowest BCUT2D eigenvalue weighted by Crippen LogP contribution is -2.38. The second kappa shape index (κ2) is 8.08. The van der Waals surface area contributed by atoms with E-state index in [4.69, 9.17) is 4.84 Å². The van der Waals surface area contributed by atoms with Gasteiger partial charge in [0, 0.05) is 11.1 Å². The first-order chi connectivity index (χ1) is 15.2. The van der Waals surface area contributed by atoms with Crippen molar-refractivity contribution in [2.24, 2.45) is 5.16 Å². The molecule has 4 rings (SSSR count). The van der Waals surface area contributed by atoms with Crippen molar-refractivity contribution in [3.8, 4) is 11.3 Å². The van der Waals surface area contributed by atoms with E-state index in [0.717, 1.165) is 23.3 Å². The molecule has 2 aromatic carbocycles. The lowest BCUT2D eigenvalue weighted by molar-refractivity contribution is -0.0476. The molecule has 7 nitrogen and oxygen atoms in total. The zero-order valence-corrected chi connectivity index (χ0v) is 17.6. The number of aliphatic hydroxyl groups is 1. The molecule has 1 aromatic heterocycles. The van der Waals surface area contributed by atoms with Gasteiger partial charge in [-0.05, 0) is 44.5 Å². The van der Waals surface area contributed by atoms with Crippen LogP contribution in [-0.2, 0) is 4.84 Å². The van der Waals surface area contributed by atoms with Crippen molar-refractivity contribution < 1.29 is 23.5 Å². The number of benzene rings is 2. The highest BCUT2D eigenvalue weighted by atomic mass is 19.1. The third-order valence-corrected chi connectivity index (χ3v) is 5.19. The van der Waals surface area contributed by atoms with Gasteiger partial charge in [-0.15, -0.1) is 0 Å². The molecule has 32 heavy (non-hydrogen) atoms. The number of oxime groups is 1. The smallest absolute Gasteiger partial charge is 0.262 e. The van der Waals surface area contributed by atoms with E-state index in [2.05, 4.69) is 20.4 Å². The van der Waals surface area contributed by atoms with Crippen LogP contribution in [-0.4, -0.2) is 38.4 Å². The summed E-state index contributed by atoms with van der Waals surface area (Å²) in [5, 5.41) is 16.8. The lowest BCUT2D eigenvalue weighted by atomic mass is 9.92. The van der Waals surface area contributed by atoms with Crippen molar-refractivity contribution in [1.29, 1.82) is 0 Å². The van der Waals surface area contributed by atoms with Crippen molar-refractivity contribution in [2.75, 3.05) is 5.32 Å². The van der Waals surface area contributed by atoms with Gasteiger partial charge in [-0.25, -0.2) is 13.8 Å². The number of carbonyl (C=O) groups excluding carboxylic acids is 1. The van der Waals surface area contributed by atoms with Crippen molar-refractivity contribution in [1.82, 2.24) is 9.97 Å². The van der Waals surface area contributed by atoms with Crippen LogP contribution in [0.2, 0.25) is 0 Å². The Labute approximate surface area is 182 Å². The molecular formula is C23H20F2N4O3. The Morgan fingerprint density at radius 3 is 2.44 bits per heavy atom. The molecule has 1 atom stereocenters. The van der Waals surface area contributed by atoms with E-state index in [1.54, 1.807) is 13.8 Å². The van der Waals surface area contributed by atoms with E-state index in [1.807, 2.05) is 25.1 Å². The molecule has 0 fully saturated rings. The van der Waals surface area contributed by atoms with Crippen LogP contribution in [0, 0.1) is 18.6 Å². The molecule has 0 radical (unpaired) electrons. The maximum Gasteiger partial charge on any atom is 0.262 e. The Balaban J connectivity index is 1.58. The molecule has 1 aliphatic heterocycles. The van der Waals surface area contributed by atoms with Crippen LogP contribution >= 0.6 is 0 Å². The number of amides is 1. The molecule has 0 saturated carbocycles. The summed E-state index contributed by atoms with van der Waals surface area (Å²) in [5.74, 6) is -2.86. The van der Waals surface area contributed by atoms with Crippen molar-refractivity contribution in [3.05, 3.63) is 77.1 Å². The van der Waals surface area contributed by atoms with Crippen LogP contribution in [0.25, 0.3) is 11.3 Å². The maximum absolute atomic E-state index is 13.8. The summed E-state index contributed by atoms with van der Waals surface area (Å²) in [5.41, 5.74) is 1.74. The van der Waals surface area contributed by atoms with Crippen LogP contribution in [0.4, 0.5) is 14.6 Å². The van der Waals surface area contributed by atoms with Gasteiger partial charge in [0.2, 0.25) is 0 Å². The number of nitrogens with one attached hydrogen (secondary N) is 1.